The van der Waals surface area contributed by atoms with Gasteiger partial charge in [0.05, 0.1) is 5.92 Å². The van der Waals surface area contributed by atoms with E-state index in [1.807, 2.05) is 11.8 Å². The summed E-state index contributed by atoms with van der Waals surface area (Å²) in [4.78, 5) is 18.5. The predicted molar refractivity (Wildman–Crippen MR) is 105 cm³/mol. The highest BCUT2D eigenvalue weighted by Gasteiger charge is 2.45. The fraction of sp³-hybridized carbons (Fsp3) is 0.667. The summed E-state index contributed by atoms with van der Waals surface area (Å²) in [5.74, 6) is 2.56. The Kier molecular flexibility index (Phi) is 4.85. The smallest absolute Gasteiger partial charge is 0.231 e. The molecule has 1 amide bonds. The second-order valence-corrected chi connectivity index (χ2v) is 9.21. The fourth-order valence-corrected chi connectivity index (χ4v) is 6.12. The van der Waals surface area contributed by atoms with E-state index in [-0.39, 0.29) is 11.6 Å². The van der Waals surface area contributed by atoms with Gasteiger partial charge in [0.25, 0.3) is 0 Å². The SMILES string of the molecule is Cc1ccc2c(c1)CCCC2C(=O)N1CCSCC1(C)N1CCCC1. The summed E-state index contributed by atoms with van der Waals surface area (Å²) >= 11 is 2.01. The highest BCUT2D eigenvalue weighted by molar-refractivity contribution is 7.99. The zero-order valence-corrected chi connectivity index (χ0v) is 16.4. The molecule has 136 valence electrons. The Morgan fingerprint density at radius 1 is 1.20 bits per heavy atom. The molecule has 0 radical (unpaired) electrons. The van der Waals surface area contributed by atoms with Gasteiger partial charge >= 0.3 is 0 Å². The van der Waals surface area contributed by atoms with Crippen molar-refractivity contribution in [3.8, 4) is 0 Å². The summed E-state index contributed by atoms with van der Waals surface area (Å²) in [5.41, 5.74) is 3.91. The Bertz CT molecular complexity index is 655. The summed E-state index contributed by atoms with van der Waals surface area (Å²) < 4.78 is 0. The minimum absolute atomic E-state index is 0.0642. The number of fused-ring (bicyclic) bond motifs is 1. The first-order chi connectivity index (χ1) is 12.1. The number of amides is 1. The van der Waals surface area contributed by atoms with Crippen molar-refractivity contribution in [3.63, 3.8) is 0 Å². The molecule has 3 aliphatic rings. The van der Waals surface area contributed by atoms with E-state index in [1.54, 1.807) is 0 Å². The molecule has 2 unspecified atom stereocenters. The molecule has 0 aromatic heterocycles. The quantitative estimate of drug-likeness (QED) is 0.803. The van der Waals surface area contributed by atoms with Gasteiger partial charge in [0.15, 0.2) is 0 Å². The van der Waals surface area contributed by atoms with Crippen LogP contribution in [-0.4, -0.2) is 52.5 Å². The van der Waals surface area contributed by atoms with Crippen molar-refractivity contribution < 1.29 is 4.79 Å². The van der Waals surface area contributed by atoms with Crippen LogP contribution in [0, 0.1) is 6.92 Å². The molecule has 2 aliphatic heterocycles. The van der Waals surface area contributed by atoms with Crippen LogP contribution in [0.1, 0.15) is 55.2 Å². The third-order valence-electron chi connectivity index (χ3n) is 6.38. The van der Waals surface area contributed by atoms with Crippen LogP contribution in [0.15, 0.2) is 18.2 Å². The molecule has 1 aromatic carbocycles. The van der Waals surface area contributed by atoms with Crippen LogP contribution in [0.25, 0.3) is 0 Å². The third-order valence-corrected chi connectivity index (χ3v) is 7.60. The summed E-state index contributed by atoms with van der Waals surface area (Å²) in [6.45, 7) is 7.63. The van der Waals surface area contributed by atoms with Crippen molar-refractivity contribution >= 4 is 17.7 Å². The molecule has 2 heterocycles. The predicted octanol–water partition coefficient (Wildman–Crippen LogP) is 3.80. The maximum atomic E-state index is 13.7. The van der Waals surface area contributed by atoms with E-state index in [4.69, 9.17) is 0 Å². The molecule has 4 rings (SSSR count). The van der Waals surface area contributed by atoms with Gasteiger partial charge in [-0.2, -0.15) is 11.8 Å². The van der Waals surface area contributed by atoms with Crippen molar-refractivity contribution in [1.82, 2.24) is 9.80 Å². The van der Waals surface area contributed by atoms with Crippen LogP contribution in [0.2, 0.25) is 0 Å². The molecular weight excluding hydrogens is 328 g/mol. The molecule has 0 N–H and O–H groups in total. The van der Waals surface area contributed by atoms with E-state index in [0.29, 0.717) is 5.91 Å². The van der Waals surface area contributed by atoms with Gasteiger partial charge in [-0.1, -0.05) is 23.8 Å². The maximum absolute atomic E-state index is 13.7. The van der Waals surface area contributed by atoms with Gasteiger partial charge in [-0.3, -0.25) is 9.69 Å². The number of rotatable bonds is 2. The first-order valence-corrected chi connectivity index (χ1v) is 11.0. The van der Waals surface area contributed by atoms with Crippen molar-refractivity contribution in [2.45, 2.75) is 57.5 Å². The number of aryl methyl sites for hydroxylation is 2. The zero-order valence-electron chi connectivity index (χ0n) is 15.6. The summed E-state index contributed by atoms with van der Waals surface area (Å²) in [7, 11) is 0. The topological polar surface area (TPSA) is 23.6 Å². The van der Waals surface area contributed by atoms with Crippen LogP contribution < -0.4 is 0 Å². The Morgan fingerprint density at radius 3 is 2.80 bits per heavy atom. The second-order valence-electron chi connectivity index (χ2n) is 8.10. The van der Waals surface area contributed by atoms with Crippen molar-refractivity contribution in [3.05, 3.63) is 34.9 Å². The number of thioether (sulfide) groups is 1. The van der Waals surface area contributed by atoms with E-state index in [2.05, 4.69) is 41.8 Å². The molecule has 1 aliphatic carbocycles. The minimum atomic E-state index is -0.0984. The van der Waals surface area contributed by atoms with E-state index in [9.17, 15) is 4.79 Å². The molecule has 2 atom stereocenters. The summed E-state index contributed by atoms with van der Waals surface area (Å²) in [5, 5.41) is 0. The van der Waals surface area contributed by atoms with Crippen LogP contribution >= 0.6 is 11.8 Å². The van der Waals surface area contributed by atoms with Crippen LogP contribution in [0.5, 0.6) is 0 Å². The number of carbonyl (C=O) groups excluding carboxylic acids is 1. The molecule has 0 saturated carbocycles. The van der Waals surface area contributed by atoms with E-state index < -0.39 is 0 Å². The molecule has 4 heteroatoms. The van der Waals surface area contributed by atoms with Gasteiger partial charge in [0, 0.05) is 31.1 Å². The molecule has 2 saturated heterocycles. The molecule has 0 bridgehead atoms. The van der Waals surface area contributed by atoms with Crippen molar-refractivity contribution in [2.24, 2.45) is 0 Å². The molecule has 25 heavy (non-hydrogen) atoms. The van der Waals surface area contributed by atoms with Crippen LogP contribution in [0.4, 0.5) is 0 Å². The van der Waals surface area contributed by atoms with Gasteiger partial charge < -0.3 is 4.90 Å². The van der Waals surface area contributed by atoms with Gasteiger partial charge in [-0.25, -0.2) is 0 Å². The highest BCUT2D eigenvalue weighted by Crippen LogP contribution is 2.39. The lowest BCUT2D eigenvalue weighted by molar-refractivity contribution is -0.145. The standard InChI is InChI=1S/C21H30N2OS/c1-16-8-9-18-17(14-16)6-5-7-19(18)20(24)23-12-13-25-15-21(23,2)22-10-3-4-11-22/h8-9,14,19H,3-7,10-13,15H2,1-2H3. The monoisotopic (exact) mass is 358 g/mol. The fourth-order valence-electron chi connectivity index (χ4n) is 4.94. The Morgan fingerprint density at radius 2 is 2.00 bits per heavy atom. The molecule has 3 nitrogen and oxygen atoms in total. The van der Waals surface area contributed by atoms with E-state index in [0.717, 1.165) is 50.4 Å². The zero-order chi connectivity index (χ0) is 17.4. The van der Waals surface area contributed by atoms with Gasteiger partial charge in [-0.15, -0.1) is 0 Å². The van der Waals surface area contributed by atoms with Gasteiger partial charge in [0.1, 0.15) is 5.66 Å². The Labute approximate surface area is 156 Å². The number of benzene rings is 1. The largest absolute Gasteiger partial charge is 0.322 e. The average molecular weight is 359 g/mol. The lowest BCUT2D eigenvalue weighted by Crippen LogP contribution is -2.64. The molecular formula is C21H30N2OS. The lowest BCUT2D eigenvalue weighted by Gasteiger charge is -2.51. The minimum Gasteiger partial charge on any atom is -0.322 e. The third kappa shape index (κ3) is 3.12. The highest BCUT2D eigenvalue weighted by atomic mass is 32.2. The number of likely N-dealkylation sites (tertiary alicyclic amines) is 1. The Balaban J connectivity index is 1.63. The first-order valence-electron chi connectivity index (χ1n) is 9.83. The van der Waals surface area contributed by atoms with Gasteiger partial charge in [0.2, 0.25) is 5.91 Å². The molecule has 0 spiro atoms. The summed E-state index contributed by atoms with van der Waals surface area (Å²) in [6.07, 6.45) is 5.81. The second kappa shape index (κ2) is 6.96. The number of hydrogen-bond donors (Lipinski definition) is 0. The average Bonchev–Trinajstić information content (AvgIpc) is 3.16. The normalized spacial score (nSPS) is 30.3. The number of hydrogen-bond acceptors (Lipinski definition) is 3. The van der Waals surface area contributed by atoms with E-state index in [1.165, 1.54) is 29.5 Å². The van der Waals surface area contributed by atoms with Crippen molar-refractivity contribution in [1.29, 1.82) is 0 Å². The van der Waals surface area contributed by atoms with Crippen LogP contribution in [-0.2, 0) is 11.2 Å². The molecule has 1 aromatic rings. The first kappa shape index (κ1) is 17.4. The van der Waals surface area contributed by atoms with Crippen LogP contribution in [0.3, 0.4) is 0 Å². The molecule has 2 fully saturated rings. The van der Waals surface area contributed by atoms with E-state index >= 15 is 0 Å². The lowest BCUT2D eigenvalue weighted by atomic mass is 9.81. The van der Waals surface area contributed by atoms with Crippen molar-refractivity contribution in [2.75, 3.05) is 31.1 Å². The number of carbonyl (C=O) groups is 1. The maximum Gasteiger partial charge on any atom is 0.231 e. The Hall–Kier alpha value is -1.00. The number of nitrogens with zero attached hydrogens (tertiary/aromatic N) is 2. The van der Waals surface area contributed by atoms with Gasteiger partial charge in [-0.05, 0) is 57.1 Å². The summed E-state index contributed by atoms with van der Waals surface area (Å²) in [6, 6.07) is 6.69.